The Labute approximate surface area is 174 Å². The van der Waals surface area contributed by atoms with Gasteiger partial charge in [0.1, 0.15) is 16.6 Å². The van der Waals surface area contributed by atoms with Gasteiger partial charge in [-0.15, -0.1) is 11.3 Å². The van der Waals surface area contributed by atoms with E-state index >= 15 is 0 Å². The molecule has 3 aromatic rings. The number of thiophene rings is 1. The minimum atomic E-state index is -3.60. The Balaban J connectivity index is 1.47. The smallest absolute Gasteiger partial charge is 0.271 e. The predicted molar refractivity (Wildman–Crippen MR) is 115 cm³/mol. The summed E-state index contributed by atoms with van der Waals surface area (Å²) in [6.07, 6.45) is 0.977. The van der Waals surface area contributed by atoms with Gasteiger partial charge in [-0.1, -0.05) is 25.1 Å². The van der Waals surface area contributed by atoms with Gasteiger partial charge in [0.05, 0.1) is 6.54 Å². The van der Waals surface area contributed by atoms with E-state index in [0.717, 1.165) is 23.5 Å². The third-order valence-corrected chi connectivity index (χ3v) is 6.93. The van der Waals surface area contributed by atoms with E-state index in [0.29, 0.717) is 24.4 Å². The second-order valence-electron chi connectivity index (χ2n) is 6.22. The maximum absolute atomic E-state index is 12.2. The topological polar surface area (TPSA) is 84.5 Å². The molecule has 152 valence electrons. The number of anilines is 1. The molecule has 0 unspecified atom stereocenters. The molecule has 0 saturated carbocycles. The highest BCUT2D eigenvalue weighted by Gasteiger charge is 2.15. The van der Waals surface area contributed by atoms with Crippen molar-refractivity contribution in [2.24, 2.45) is 0 Å². The number of amides is 1. The number of sulfonamides is 1. The Kier molecular flexibility index (Phi) is 6.90. The van der Waals surface area contributed by atoms with Crippen LogP contribution in [0.15, 0.2) is 70.3 Å². The lowest BCUT2D eigenvalue weighted by Gasteiger charge is -2.09. The van der Waals surface area contributed by atoms with Gasteiger partial charge in [0.25, 0.3) is 15.9 Å². The first kappa shape index (κ1) is 20.9. The molecule has 1 aromatic heterocycles. The van der Waals surface area contributed by atoms with Crippen LogP contribution in [0, 0.1) is 0 Å². The number of rotatable bonds is 9. The molecule has 2 aromatic carbocycles. The van der Waals surface area contributed by atoms with Crippen LogP contribution in [0.5, 0.6) is 5.75 Å². The van der Waals surface area contributed by atoms with Gasteiger partial charge in [-0.05, 0) is 59.8 Å². The molecule has 1 amide bonds. The van der Waals surface area contributed by atoms with Gasteiger partial charge in [0.2, 0.25) is 0 Å². The summed E-state index contributed by atoms with van der Waals surface area (Å²) in [7, 11) is -3.60. The predicted octanol–water partition coefficient (Wildman–Crippen LogP) is 3.92. The monoisotopic (exact) mass is 430 g/mol. The van der Waals surface area contributed by atoms with E-state index in [-0.39, 0.29) is 10.1 Å². The van der Waals surface area contributed by atoms with Crippen LogP contribution >= 0.6 is 11.3 Å². The minimum absolute atomic E-state index is 0.239. The van der Waals surface area contributed by atoms with Crippen molar-refractivity contribution in [1.82, 2.24) is 5.32 Å². The summed E-state index contributed by atoms with van der Waals surface area (Å²) in [6.45, 7) is 2.81. The third kappa shape index (κ3) is 5.82. The van der Waals surface area contributed by atoms with Gasteiger partial charge >= 0.3 is 0 Å². The molecule has 2 N–H and O–H groups in total. The van der Waals surface area contributed by atoms with Crippen molar-refractivity contribution in [3.8, 4) is 5.75 Å². The molecular formula is C21H22N2O4S2. The van der Waals surface area contributed by atoms with Gasteiger partial charge in [0.15, 0.2) is 0 Å². The minimum Gasteiger partial charge on any atom is -0.492 e. The van der Waals surface area contributed by atoms with E-state index in [1.807, 2.05) is 24.3 Å². The lowest BCUT2D eigenvalue weighted by Crippen LogP contribution is -2.28. The number of hydrogen-bond acceptors (Lipinski definition) is 5. The summed E-state index contributed by atoms with van der Waals surface area (Å²) >= 11 is 1.14. The lowest BCUT2D eigenvalue weighted by atomic mass is 10.2. The van der Waals surface area contributed by atoms with Gasteiger partial charge < -0.3 is 10.1 Å². The van der Waals surface area contributed by atoms with Gasteiger partial charge in [-0.3, -0.25) is 9.52 Å². The molecule has 0 aliphatic carbocycles. The van der Waals surface area contributed by atoms with Crippen molar-refractivity contribution in [1.29, 1.82) is 0 Å². The summed E-state index contributed by atoms with van der Waals surface area (Å²) < 4.78 is 32.8. The fraction of sp³-hybridized carbons (Fsp3) is 0.190. The maximum atomic E-state index is 12.2. The van der Waals surface area contributed by atoms with Crippen molar-refractivity contribution >= 4 is 33.0 Å². The molecule has 0 spiro atoms. The summed E-state index contributed by atoms with van der Waals surface area (Å²) in [4.78, 5) is 12.2. The standard InChI is InChI=1S/C21H22N2O4S2/c1-2-16-5-11-19(12-6-16)27-14-13-22-21(24)17-7-9-18(10-8-17)23-29(25,26)20-4-3-15-28-20/h3-12,15,23H,2,13-14H2,1H3,(H,22,24). The van der Waals surface area contributed by atoms with E-state index < -0.39 is 10.0 Å². The average Bonchev–Trinajstić information content (AvgIpc) is 3.28. The average molecular weight is 431 g/mol. The molecular weight excluding hydrogens is 408 g/mol. The van der Waals surface area contributed by atoms with Crippen molar-refractivity contribution in [2.45, 2.75) is 17.6 Å². The number of hydrogen-bond donors (Lipinski definition) is 2. The number of carbonyl (C=O) groups excluding carboxylic acids is 1. The van der Waals surface area contributed by atoms with E-state index in [1.54, 1.807) is 35.7 Å². The molecule has 0 radical (unpaired) electrons. The summed E-state index contributed by atoms with van der Waals surface area (Å²) in [6, 6.07) is 17.3. The Bertz CT molecular complexity index is 1030. The van der Waals surface area contributed by atoms with Crippen LogP contribution < -0.4 is 14.8 Å². The number of ether oxygens (including phenoxy) is 1. The van der Waals surface area contributed by atoms with Crippen molar-refractivity contribution in [2.75, 3.05) is 17.9 Å². The zero-order valence-corrected chi connectivity index (χ0v) is 17.6. The number of aryl methyl sites for hydroxylation is 1. The lowest BCUT2D eigenvalue weighted by molar-refractivity contribution is 0.0947. The van der Waals surface area contributed by atoms with Gasteiger partial charge in [-0.2, -0.15) is 0 Å². The van der Waals surface area contributed by atoms with Crippen molar-refractivity contribution in [3.63, 3.8) is 0 Å². The molecule has 0 saturated heterocycles. The van der Waals surface area contributed by atoms with Crippen molar-refractivity contribution < 1.29 is 17.9 Å². The second kappa shape index (κ2) is 9.58. The largest absolute Gasteiger partial charge is 0.492 e. The molecule has 0 fully saturated rings. The van der Waals surface area contributed by atoms with E-state index in [2.05, 4.69) is 17.0 Å². The van der Waals surface area contributed by atoms with Gasteiger partial charge in [0, 0.05) is 11.3 Å². The van der Waals surface area contributed by atoms with E-state index in [1.165, 1.54) is 11.6 Å². The van der Waals surface area contributed by atoms with Gasteiger partial charge in [-0.25, -0.2) is 8.42 Å². The molecule has 0 bridgehead atoms. The second-order valence-corrected chi connectivity index (χ2v) is 9.07. The summed E-state index contributed by atoms with van der Waals surface area (Å²) in [5.74, 6) is 0.515. The van der Waals surface area contributed by atoms with Crippen LogP contribution in [0.1, 0.15) is 22.8 Å². The molecule has 6 nitrogen and oxygen atoms in total. The molecule has 8 heteroatoms. The van der Waals surface area contributed by atoms with Crippen LogP contribution in [0.2, 0.25) is 0 Å². The highest BCUT2D eigenvalue weighted by molar-refractivity contribution is 7.94. The van der Waals surface area contributed by atoms with Crippen LogP contribution in [0.25, 0.3) is 0 Å². The van der Waals surface area contributed by atoms with E-state index in [9.17, 15) is 13.2 Å². The summed E-state index contributed by atoms with van der Waals surface area (Å²) in [5.41, 5.74) is 2.08. The Morgan fingerprint density at radius 1 is 1.03 bits per heavy atom. The normalized spacial score (nSPS) is 11.1. The van der Waals surface area contributed by atoms with Crippen molar-refractivity contribution in [3.05, 3.63) is 77.2 Å². The Hall–Kier alpha value is -2.84. The molecule has 1 heterocycles. The zero-order valence-electron chi connectivity index (χ0n) is 15.9. The quantitative estimate of drug-likeness (QED) is 0.504. The molecule has 29 heavy (non-hydrogen) atoms. The molecule has 0 aliphatic heterocycles. The van der Waals surface area contributed by atoms with Crippen LogP contribution in [-0.4, -0.2) is 27.5 Å². The third-order valence-electron chi connectivity index (χ3n) is 4.15. The first-order valence-corrected chi connectivity index (χ1v) is 11.5. The summed E-state index contributed by atoms with van der Waals surface area (Å²) in [5, 5.41) is 4.48. The Morgan fingerprint density at radius 2 is 1.76 bits per heavy atom. The number of carbonyl (C=O) groups is 1. The number of benzene rings is 2. The molecule has 0 atom stereocenters. The fourth-order valence-corrected chi connectivity index (χ4v) is 4.62. The molecule has 3 rings (SSSR count). The highest BCUT2D eigenvalue weighted by Crippen LogP contribution is 2.20. The van der Waals surface area contributed by atoms with Crippen LogP contribution in [-0.2, 0) is 16.4 Å². The highest BCUT2D eigenvalue weighted by atomic mass is 32.2. The fourth-order valence-electron chi connectivity index (χ4n) is 2.57. The zero-order chi connectivity index (χ0) is 20.7. The maximum Gasteiger partial charge on any atom is 0.271 e. The Morgan fingerprint density at radius 3 is 2.38 bits per heavy atom. The first-order valence-electron chi connectivity index (χ1n) is 9.14. The number of nitrogens with one attached hydrogen (secondary N) is 2. The van der Waals surface area contributed by atoms with Crippen LogP contribution in [0.4, 0.5) is 5.69 Å². The molecule has 0 aliphatic rings. The SMILES string of the molecule is CCc1ccc(OCCNC(=O)c2ccc(NS(=O)(=O)c3cccs3)cc2)cc1. The first-order chi connectivity index (χ1) is 14.0. The van der Waals surface area contributed by atoms with Crippen LogP contribution in [0.3, 0.4) is 0 Å². The van der Waals surface area contributed by atoms with E-state index in [4.69, 9.17) is 4.74 Å².